The monoisotopic (exact) mass is 243 g/mol. The maximum absolute atomic E-state index is 11.9. The lowest BCUT2D eigenvalue weighted by Crippen LogP contribution is -2.29. The summed E-state index contributed by atoms with van der Waals surface area (Å²) in [6, 6.07) is 9.48. The van der Waals surface area contributed by atoms with Crippen molar-refractivity contribution >= 4 is 11.6 Å². The van der Waals surface area contributed by atoms with Gasteiger partial charge in [0, 0.05) is 12.5 Å². The zero-order valence-electron chi connectivity index (χ0n) is 10.5. The summed E-state index contributed by atoms with van der Waals surface area (Å²) in [5, 5.41) is 11.8. The van der Waals surface area contributed by atoms with E-state index in [4.69, 9.17) is 5.26 Å². The second-order valence-corrected chi connectivity index (χ2v) is 4.69. The van der Waals surface area contributed by atoms with Crippen LogP contribution in [-0.2, 0) is 4.79 Å². The van der Waals surface area contributed by atoms with Crippen LogP contribution in [0.4, 0.5) is 5.69 Å². The molecule has 94 valence electrons. The Morgan fingerprint density at radius 1 is 1.56 bits per heavy atom. The van der Waals surface area contributed by atoms with Crippen molar-refractivity contribution < 1.29 is 4.79 Å². The summed E-state index contributed by atoms with van der Waals surface area (Å²) in [5.41, 5.74) is 1.11. The van der Waals surface area contributed by atoms with Gasteiger partial charge in [-0.25, -0.2) is 0 Å². The van der Waals surface area contributed by atoms with Crippen molar-refractivity contribution in [2.75, 3.05) is 18.9 Å². The molecule has 0 saturated carbocycles. The van der Waals surface area contributed by atoms with E-state index in [1.165, 1.54) is 0 Å². The molecule has 1 atom stereocenters. The fraction of sp³-hybridized carbons (Fsp3) is 0.429. The molecule has 1 amide bonds. The predicted molar refractivity (Wildman–Crippen MR) is 70.1 cm³/mol. The van der Waals surface area contributed by atoms with Gasteiger partial charge < -0.3 is 10.2 Å². The zero-order chi connectivity index (χ0) is 13.0. The number of nitrogens with zero attached hydrogens (tertiary/aromatic N) is 2. The van der Waals surface area contributed by atoms with Gasteiger partial charge in [0.15, 0.2) is 0 Å². The summed E-state index contributed by atoms with van der Waals surface area (Å²) in [5.74, 6) is -0.0172. The van der Waals surface area contributed by atoms with Gasteiger partial charge in [0.2, 0.25) is 5.91 Å². The van der Waals surface area contributed by atoms with E-state index in [1.54, 1.807) is 18.2 Å². The lowest BCUT2D eigenvalue weighted by atomic mass is 10.1. The third-order valence-electron chi connectivity index (χ3n) is 3.41. The standard InChI is InChI=1S/C14H17N3O/c1-17-8-4-6-12(17)9-14(18)16-13-7-3-2-5-11(13)10-15/h2-3,5,7,12H,4,6,8-9H2,1H3,(H,16,18). The highest BCUT2D eigenvalue weighted by Crippen LogP contribution is 2.19. The van der Waals surface area contributed by atoms with E-state index >= 15 is 0 Å². The largest absolute Gasteiger partial charge is 0.325 e. The molecule has 0 aliphatic carbocycles. The third kappa shape index (κ3) is 2.88. The molecular weight excluding hydrogens is 226 g/mol. The van der Waals surface area contributed by atoms with Crippen molar-refractivity contribution in [1.29, 1.82) is 5.26 Å². The molecule has 1 fully saturated rings. The van der Waals surface area contributed by atoms with Crippen LogP contribution in [-0.4, -0.2) is 30.4 Å². The highest BCUT2D eigenvalue weighted by molar-refractivity contribution is 5.92. The first-order chi connectivity index (χ1) is 8.70. The van der Waals surface area contributed by atoms with Crippen molar-refractivity contribution in [3.8, 4) is 6.07 Å². The Morgan fingerprint density at radius 2 is 2.33 bits per heavy atom. The van der Waals surface area contributed by atoms with Gasteiger partial charge in [-0.2, -0.15) is 5.26 Å². The van der Waals surface area contributed by atoms with E-state index in [0.717, 1.165) is 19.4 Å². The van der Waals surface area contributed by atoms with Gasteiger partial charge in [0.05, 0.1) is 11.3 Å². The number of nitriles is 1. The molecule has 18 heavy (non-hydrogen) atoms. The van der Waals surface area contributed by atoms with Crippen LogP contribution < -0.4 is 5.32 Å². The minimum atomic E-state index is -0.0172. The molecule has 0 radical (unpaired) electrons. The summed E-state index contributed by atoms with van der Waals surface area (Å²) in [4.78, 5) is 14.2. The number of anilines is 1. The number of likely N-dealkylation sites (tertiary alicyclic amines) is 1. The smallest absolute Gasteiger partial charge is 0.225 e. The Hall–Kier alpha value is -1.86. The number of para-hydroxylation sites is 1. The van der Waals surface area contributed by atoms with Gasteiger partial charge in [-0.3, -0.25) is 4.79 Å². The van der Waals surface area contributed by atoms with Gasteiger partial charge in [-0.15, -0.1) is 0 Å². The average Bonchev–Trinajstić information content (AvgIpc) is 2.75. The SMILES string of the molecule is CN1CCCC1CC(=O)Nc1ccccc1C#N. The second kappa shape index (κ2) is 5.65. The van der Waals surface area contributed by atoms with Gasteiger partial charge >= 0.3 is 0 Å². The zero-order valence-corrected chi connectivity index (χ0v) is 10.5. The Kier molecular flexibility index (Phi) is 3.96. The van der Waals surface area contributed by atoms with Crippen LogP contribution >= 0.6 is 0 Å². The Balaban J connectivity index is 1.97. The van der Waals surface area contributed by atoms with Crippen LogP contribution in [0.2, 0.25) is 0 Å². The summed E-state index contributed by atoms with van der Waals surface area (Å²) in [6.45, 7) is 1.06. The summed E-state index contributed by atoms with van der Waals surface area (Å²) in [7, 11) is 2.05. The van der Waals surface area contributed by atoms with Gasteiger partial charge in [0.1, 0.15) is 6.07 Å². The van der Waals surface area contributed by atoms with Crippen molar-refractivity contribution in [2.24, 2.45) is 0 Å². The maximum Gasteiger partial charge on any atom is 0.225 e. The number of nitrogens with one attached hydrogen (secondary N) is 1. The normalized spacial score (nSPS) is 19.4. The minimum Gasteiger partial charge on any atom is -0.325 e. The van der Waals surface area contributed by atoms with Crippen LogP contribution in [0.25, 0.3) is 0 Å². The molecule has 0 aromatic heterocycles. The molecule has 1 saturated heterocycles. The Morgan fingerprint density at radius 3 is 3.00 bits per heavy atom. The van der Waals surface area contributed by atoms with Gasteiger partial charge in [-0.05, 0) is 38.6 Å². The number of carbonyl (C=O) groups is 1. The second-order valence-electron chi connectivity index (χ2n) is 4.69. The third-order valence-corrected chi connectivity index (χ3v) is 3.41. The molecule has 0 bridgehead atoms. The molecule has 0 spiro atoms. The Labute approximate surface area is 107 Å². The fourth-order valence-electron chi connectivity index (χ4n) is 2.34. The molecule has 1 aromatic rings. The number of benzene rings is 1. The molecule has 1 unspecified atom stereocenters. The first-order valence-electron chi connectivity index (χ1n) is 6.20. The van der Waals surface area contributed by atoms with Crippen molar-refractivity contribution in [2.45, 2.75) is 25.3 Å². The van der Waals surface area contributed by atoms with E-state index in [-0.39, 0.29) is 5.91 Å². The summed E-state index contributed by atoms with van der Waals surface area (Å²) >= 11 is 0. The molecular formula is C14H17N3O. The molecule has 1 aliphatic rings. The Bertz CT molecular complexity index is 478. The predicted octanol–water partition coefficient (Wildman–Crippen LogP) is 1.98. The van der Waals surface area contributed by atoms with Crippen LogP contribution in [0.3, 0.4) is 0 Å². The molecule has 1 aliphatic heterocycles. The molecule has 1 N–H and O–H groups in total. The lowest BCUT2D eigenvalue weighted by molar-refractivity contribution is -0.117. The van der Waals surface area contributed by atoms with Crippen molar-refractivity contribution in [3.63, 3.8) is 0 Å². The van der Waals surface area contributed by atoms with Gasteiger partial charge in [-0.1, -0.05) is 12.1 Å². The highest BCUT2D eigenvalue weighted by Gasteiger charge is 2.23. The van der Waals surface area contributed by atoms with E-state index < -0.39 is 0 Å². The number of hydrogen-bond acceptors (Lipinski definition) is 3. The number of hydrogen-bond donors (Lipinski definition) is 1. The quantitative estimate of drug-likeness (QED) is 0.883. The average molecular weight is 243 g/mol. The lowest BCUT2D eigenvalue weighted by Gasteiger charge is -2.18. The van der Waals surface area contributed by atoms with Crippen molar-refractivity contribution in [1.82, 2.24) is 4.90 Å². The van der Waals surface area contributed by atoms with Crippen LogP contribution in [0.5, 0.6) is 0 Å². The topological polar surface area (TPSA) is 56.1 Å². The van der Waals surface area contributed by atoms with E-state index in [9.17, 15) is 4.79 Å². The van der Waals surface area contributed by atoms with Gasteiger partial charge in [0.25, 0.3) is 0 Å². The molecule has 1 aromatic carbocycles. The maximum atomic E-state index is 11.9. The van der Waals surface area contributed by atoms with Crippen LogP contribution in [0.1, 0.15) is 24.8 Å². The molecule has 4 heteroatoms. The van der Waals surface area contributed by atoms with Crippen molar-refractivity contribution in [3.05, 3.63) is 29.8 Å². The summed E-state index contributed by atoms with van der Waals surface area (Å²) < 4.78 is 0. The first-order valence-corrected chi connectivity index (χ1v) is 6.20. The number of rotatable bonds is 3. The number of carbonyl (C=O) groups excluding carboxylic acids is 1. The highest BCUT2D eigenvalue weighted by atomic mass is 16.1. The molecule has 1 heterocycles. The first kappa shape index (κ1) is 12.6. The van der Waals surface area contributed by atoms with E-state index in [0.29, 0.717) is 23.7 Å². The minimum absolute atomic E-state index is 0.0172. The van der Waals surface area contributed by atoms with Crippen LogP contribution in [0.15, 0.2) is 24.3 Å². The van der Waals surface area contributed by atoms with E-state index in [2.05, 4.69) is 16.3 Å². The van der Waals surface area contributed by atoms with Crippen LogP contribution in [0, 0.1) is 11.3 Å². The molecule has 4 nitrogen and oxygen atoms in total. The van der Waals surface area contributed by atoms with E-state index in [1.807, 2.05) is 13.1 Å². The summed E-state index contributed by atoms with van der Waals surface area (Å²) in [6.07, 6.45) is 2.73. The fourth-order valence-corrected chi connectivity index (χ4v) is 2.34. The molecule has 2 rings (SSSR count). The number of amides is 1.